The maximum Gasteiger partial charge on any atom is 0.279 e. The van der Waals surface area contributed by atoms with Crippen LogP contribution in [0.1, 0.15) is 35.7 Å². The number of thiazole rings is 1. The van der Waals surface area contributed by atoms with Crippen molar-refractivity contribution in [2.24, 2.45) is 18.0 Å². The first-order valence-electron chi connectivity index (χ1n) is 10.1. The fraction of sp³-hybridized carbons (Fsp3) is 0.364. The molecule has 0 saturated carbocycles. The van der Waals surface area contributed by atoms with E-state index in [1.54, 1.807) is 0 Å². The van der Waals surface area contributed by atoms with Gasteiger partial charge in [-0.3, -0.25) is 4.79 Å². The van der Waals surface area contributed by atoms with Crippen LogP contribution in [0.2, 0.25) is 5.02 Å². The number of rotatable bonds is 3. The quantitative estimate of drug-likeness (QED) is 0.562. The monoisotopic (exact) mass is 477 g/mol. The first kappa shape index (κ1) is 22.2. The smallest absolute Gasteiger partial charge is 0.279 e. The lowest BCUT2D eigenvalue weighted by molar-refractivity contribution is 0.0998. The molecule has 0 spiro atoms. The Bertz CT molecular complexity index is 1320. The van der Waals surface area contributed by atoms with Gasteiger partial charge in [0, 0.05) is 30.7 Å². The van der Waals surface area contributed by atoms with Crippen molar-refractivity contribution < 1.29 is 13.2 Å². The third-order valence-electron chi connectivity index (χ3n) is 5.71. The number of hydrogen-bond acceptors (Lipinski definition) is 4. The molecule has 6 nitrogen and oxygen atoms in total. The minimum atomic E-state index is -3.55. The van der Waals surface area contributed by atoms with E-state index in [0.29, 0.717) is 34.4 Å². The number of piperidine rings is 1. The second kappa shape index (κ2) is 8.50. The van der Waals surface area contributed by atoms with Crippen molar-refractivity contribution >= 4 is 49.1 Å². The zero-order chi connectivity index (χ0) is 22.3. The number of carbonyl (C=O) groups excluding carboxylic acids is 1. The van der Waals surface area contributed by atoms with E-state index in [1.165, 1.54) is 39.9 Å². The summed E-state index contributed by atoms with van der Waals surface area (Å²) in [5, 5.41) is 0.665. The molecule has 1 atom stereocenters. The maximum absolute atomic E-state index is 12.9. The molecule has 1 amide bonds. The highest BCUT2D eigenvalue weighted by Gasteiger charge is 2.28. The molecule has 31 heavy (non-hydrogen) atoms. The standard InChI is InChI=1S/C22H24ClN3O3S2/c1-14-5-4-12-26(13-14)31(28,29)17-8-6-16(7-9-17)21(27)24-22-25(3)20-15(2)18(23)10-11-19(20)30-22/h6-11,14H,4-5,12-13H2,1-3H3. The molecule has 1 aliphatic rings. The molecular weight excluding hydrogens is 454 g/mol. The Morgan fingerprint density at radius 3 is 2.58 bits per heavy atom. The van der Waals surface area contributed by atoms with Gasteiger partial charge in [0.2, 0.25) is 10.0 Å². The highest BCUT2D eigenvalue weighted by molar-refractivity contribution is 7.89. The number of aromatic nitrogens is 1. The number of amides is 1. The molecule has 0 bridgehead atoms. The molecule has 9 heteroatoms. The van der Waals surface area contributed by atoms with Crippen molar-refractivity contribution in [2.45, 2.75) is 31.6 Å². The summed E-state index contributed by atoms with van der Waals surface area (Å²) < 4.78 is 30.2. The zero-order valence-corrected chi connectivity index (χ0v) is 20.0. The molecule has 1 aromatic heterocycles. The number of nitrogens with zero attached hydrogens (tertiary/aromatic N) is 3. The second-order valence-corrected chi connectivity index (χ2v) is 11.4. The normalized spacial score (nSPS) is 18.6. The van der Waals surface area contributed by atoms with Crippen molar-refractivity contribution in [3.8, 4) is 0 Å². The average Bonchev–Trinajstić information content (AvgIpc) is 3.06. The van der Waals surface area contributed by atoms with Crippen molar-refractivity contribution in [1.82, 2.24) is 8.87 Å². The Morgan fingerprint density at radius 1 is 1.19 bits per heavy atom. The Kier molecular flexibility index (Phi) is 6.09. The first-order valence-corrected chi connectivity index (χ1v) is 12.8. The number of benzene rings is 2. The number of sulfonamides is 1. The van der Waals surface area contributed by atoms with Gasteiger partial charge in [0.25, 0.3) is 5.91 Å². The lowest BCUT2D eigenvalue weighted by Crippen LogP contribution is -2.39. The summed E-state index contributed by atoms with van der Waals surface area (Å²) in [7, 11) is -1.70. The number of aryl methyl sites for hydroxylation is 2. The summed E-state index contributed by atoms with van der Waals surface area (Å²) in [6.07, 6.45) is 1.91. The van der Waals surface area contributed by atoms with Gasteiger partial charge in [-0.05, 0) is 67.6 Å². The molecule has 1 unspecified atom stereocenters. The lowest BCUT2D eigenvalue weighted by Gasteiger charge is -2.30. The van der Waals surface area contributed by atoms with E-state index in [9.17, 15) is 13.2 Å². The van der Waals surface area contributed by atoms with Gasteiger partial charge in [-0.1, -0.05) is 29.9 Å². The SMILES string of the molecule is Cc1c(Cl)ccc2sc(=NC(=O)c3ccc(S(=O)(=O)N4CCCC(C)C4)cc3)n(C)c12. The summed E-state index contributed by atoms with van der Waals surface area (Å²) in [5.41, 5.74) is 2.23. The zero-order valence-electron chi connectivity index (χ0n) is 17.6. The van der Waals surface area contributed by atoms with Gasteiger partial charge in [-0.25, -0.2) is 8.42 Å². The van der Waals surface area contributed by atoms with Crippen molar-refractivity contribution in [3.63, 3.8) is 0 Å². The van der Waals surface area contributed by atoms with Crippen LogP contribution in [0.25, 0.3) is 10.2 Å². The van der Waals surface area contributed by atoms with Gasteiger partial charge in [-0.2, -0.15) is 9.30 Å². The lowest BCUT2D eigenvalue weighted by atomic mass is 10.0. The van der Waals surface area contributed by atoms with Crippen LogP contribution in [-0.4, -0.2) is 36.3 Å². The van der Waals surface area contributed by atoms with E-state index >= 15 is 0 Å². The topological polar surface area (TPSA) is 71.7 Å². The van der Waals surface area contributed by atoms with Crippen LogP contribution in [0.15, 0.2) is 46.3 Å². The molecule has 3 aromatic rings. The van der Waals surface area contributed by atoms with Crippen LogP contribution in [0, 0.1) is 12.8 Å². The van der Waals surface area contributed by atoms with Crippen molar-refractivity contribution in [3.05, 3.63) is 57.3 Å². The summed E-state index contributed by atoms with van der Waals surface area (Å²) in [6.45, 7) is 5.07. The Hall–Kier alpha value is -2.00. The van der Waals surface area contributed by atoms with Crippen LogP contribution in [0.3, 0.4) is 0 Å². The van der Waals surface area contributed by atoms with Crippen LogP contribution in [-0.2, 0) is 17.1 Å². The Balaban J connectivity index is 1.63. The second-order valence-electron chi connectivity index (χ2n) is 8.01. The van der Waals surface area contributed by atoms with E-state index in [1.807, 2.05) is 30.7 Å². The Labute approximate surface area is 190 Å². The number of carbonyl (C=O) groups is 1. The molecule has 4 rings (SSSR count). The molecule has 1 fully saturated rings. The highest BCUT2D eigenvalue weighted by Crippen LogP contribution is 2.27. The minimum absolute atomic E-state index is 0.204. The Morgan fingerprint density at radius 2 is 1.90 bits per heavy atom. The van der Waals surface area contributed by atoms with Crippen LogP contribution in [0.5, 0.6) is 0 Å². The third-order valence-corrected chi connectivity index (χ3v) is 9.09. The van der Waals surface area contributed by atoms with Gasteiger partial charge >= 0.3 is 0 Å². The summed E-state index contributed by atoms with van der Waals surface area (Å²) in [4.78, 5) is 17.8. The maximum atomic E-state index is 12.9. The third kappa shape index (κ3) is 4.22. The van der Waals surface area contributed by atoms with E-state index in [-0.39, 0.29) is 4.90 Å². The number of halogens is 1. The molecule has 2 heterocycles. The van der Waals surface area contributed by atoms with E-state index in [0.717, 1.165) is 28.6 Å². The fourth-order valence-corrected chi connectivity index (χ4v) is 6.77. The molecule has 0 N–H and O–H groups in total. The van der Waals surface area contributed by atoms with E-state index < -0.39 is 15.9 Å². The van der Waals surface area contributed by atoms with Crippen LogP contribution < -0.4 is 4.80 Å². The van der Waals surface area contributed by atoms with Gasteiger partial charge in [0.05, 0.1) is 15.1 Å². The predicted molar refractivity (Wildman–Crippen MR) is 124 cm³/mol. The van der Waals surface area contributed by atoms with Crippen LogP contribution >= 0.6 is 22.9 Å². The van der Waals surface area contributed by atoms with Crippen molar-refractivity contribution in [2.75, 3.05) is 13.1 Å². The minimum Gasteiger partial charge on any atom is -0.319 e. The summed E-state index contributed by atoms with van der Waals surface area (Å²) >= 11 is 7.64. The van der Waals surface area contributed by atoms with E-state index in [4.69, 9.17) is 11.6 Å². The average molecular weight is 478 g/mol. The molecule has 164 valence electrons. The molecule has 0 aliphatic carbocycles. The van der Waals surface area contributed by atoms with Crippen molar-refractivity contribution in [1.29, 1.82) is 0 Å². The first-order chi connectivity index (χ1) is 14.7. The fourth-order valence-electron chi connectivity index (χ4n) is 3.94. The van der Waals surface area contributed by atoms with E-state index in [2.05, 4.69) is 11.9 Å². The van der Waals surface area contributed by atoms with Gasteiger partial charge < -0.3 is 4.57 Å². The number of fused-ring (bicyclic) bond motifs is 1. The molecule has 1 saturated heterocycles. The van der Waals surface area contributed by atoms with Gasteiger partial charge in [0.1, 0.15) is 0 Å². The molecule has 1 aliphatic heterocycles. The summed E-state index contributed by atoms with van der Waals surface area (Å²) in [6, 6.07) is 9.80. The van der Waals surface area contributed by atoms with Gasteiger partial charge in [0.15, 0.2) is 4.80 Å². The van der Waals surface area contributed by atoms with Crippen LogP contribution in [0.4, 0.5) is 0 Å². The summed E-state index contributed by atoms with van der Waals surface area (Å²) in [5.74, 6) is -0.0646. The highest BCUT2D eigenvalue weighted by atomic mass is 35.5. The molecule has 0 radical (unpaired) electrons. The largest absolute Gasteiger partial charge is 0.319 e. The molecular formula is C22H24ClN3O3S2. The number of hydrogen-bond donors (Lipinski definition) is 0. The predicted octanol–water partition coefficient (Wildman–Crippen LogP) is 4.36. The van der Waals surface area contributed by atoms with Gasteiger partial charge in [-0.15, -0.1) is 0 Å². The molecule has 2 aromatic carbocycles.